The molecule has 0 saturated carbocycles. The van der Waals surface area contributed by atoms with Crippen molar-refractivity contribution in [2.24, 2.45) is 0 Å². The average molecular weight is 310 g/mol. The van der Waals surface area contributed by atoms with Crippen LogP contribution < -0.4 is 4.90 Å². The fraction of sp³-hybridized carbons (Fsp3) is 0.467. The number of benzene rings is 1. The van der Waals surface area contributed by atoms with Crippen LogP contribution in [0, 0.1) is 0 Å². The van der Waals surface area contributed by atoms with Crippen LogP contribution >= 0.6 is 11.8 Å². The molecular weight excluding hydrogens is 288 g/mol. The number of hydrogen-bond donors (Lipinski definition) is 1. The van der Waals surface area contributed by atoms with Gasteiger partial charge in [0.2, 0.25) is 0 Å². The maximum absolute atomic E-state index is 12.5. The summed E-state index contributed by atoms with van der Waals surface area (Å²) in [6.07, 6.45) is 2.93. The maximum Gasteiger partial charge on any atom is 0.337 e. The lowest BCUT2D eigenvalue weighted by molar-refractivity contribution is 0.0697. The van der Waals surface area contributed by atoms with Gasteiger partial charge in [-0.25, -0.2) is 9.59 Å². The van der Waals surface area contributed by atoms with E-state index >= 15 is 0 Å². The third-order valence-electron chi connectivity index (χ3n) is 3.49. The van der Waals surface area contributed by atoms with E-state index in [4.69, 9.17) is 0 Å². The second kappa shape index (κ2) is 7.93. The van der Waals surface area contributed by atoms with Gasteiger partial charge in [-0.05, 0) is 37.5 Å². The molecule has 0 bridgehead atoms. The highest BCUT2D eigenvalue weighted by atomic mass is 32.2. The van der Waals surface area contributed by atoms with Crippen LogP contribution in [0.5, 0.6) is 0 Å². The van der Waals surface area contributed by atoms with Gasteiger partial charge >= 0.3 is 12.0 Å². The number of carbonyl (C=O) groups excluding carboxylic acids is 1. The van der Waals surface area contributed by atoms with E-state index in [1.165, 1.54) is 11.0 Å². The summed E-state index contributed by atoms with van der Waals surface area (Å²) in [6.45, 7) is 1.99. The molecule has 1 N–H and O–H groups in total. The third kappa shape index (κ3) is 4.39. The monoisotopic (exact) mass is 310 g/mol. The molecule has 0 aliphatic heterocycles. The highest BCUT2D eigenvalue weighted by Gasteiger charge is 2.23. The number of amides is 2. The number of carbonyl (C=O) groups is 2. The van der Waals surface area contributed by atoms with Crippen molar-refractivity contribution in [3.05, 3.63) is 29.8 Å². The largest absolute Gasteiger partial charge is 0.478 e. The molecule has 0 aliphatic rings. The van der Waals surface area contributed by atoms with Crippen molar-refractivity contribution in [3.8, 4) is 0 Å². The molecule has 116 valence electrons. The lowest BCUT2D eigenvalue weighted by Crippen LogP contribution is -2.44. The third-order valence-corrected chi connectivity index (χ3v) is 4.13. The first-order chi connectivity index (χ1) is 9.90. The van der Waals surface area contributed by atoms with Crippen LogP contribution in [0.25, 0.3) is 0 Å². The molecule has 1 unspecified atom stereocenters. The van der Waals surface area contributed by atoms with E-state index in [9.17, 15) is 14.7 Å². The van der Waals surface area contributed by atoms with E-state index in [-0.39, 0.29) is 17.6 Å². The Hall–Kier alpha value is -1.69. The Balaban J connectivity index is 2.90. The highest BCUT2D eigenvalue weighted by Crippen LogP contribution is 2.21. The lowest BCUT2D eigenvalue weighted by atomic mass is 10.1. The summed E-state index contributed by atoms with van der Waals surface area (Å²) in [4.78, 5) is 26.8. The number of aromatic carboxylic acids is 1. The molecule has 0 saturated heterocycles. The summed E-state index contributed by atoms with van der Waals surface area (Å²) in [5, 5.41) is 9.21. The number of anilines is 1. The molecule has 6 heteroatoms. The Morgan fingerprint density at radius 2 is 1.90 bits per heavy atom. The van der Waals surface area contributed by atoms with E-state index < -0.39 is 5.97 Å². The normalized spacial score (nSPS) is 11.8. The van der Waals surface area contributed by atoms with Gasteiger partial charge in [-0.2, -0.15) is 11.8 Å². The van der Waals surface area contributed by atoms with E-state index in [1.807, 2.05) is 13.2 Å². The van der Waals surface area contributed by atoms with Crippen LogP contribution in [0.1, 0.15) is 23.7 Å². The number of urea groups is 1. The number of para-hydroxylation sites is 1. The topological polar surface area (TPSA) is 60.9 Å². The van der Waals surface area contributed by atoms with E-state index in [2.05, 4.69) is 0 Å². The first-order valence-electron chi connectivity index (χ1n) is 6.72. The fourth-order valence-electron chi connectivity index (χ4n) is 1.96. The first-order valence-corrected chi connectivity index (χ1v) is 8.11. The van der Waals surface area contributed by atoms with Crippen LogP contribution in [0.2, 0.25) is 0 Å². The van der Waals surface area contributed by atoms with Crippen LogP contribution in [0.15, 0.2) is 24.3 Å². The number of nitrogens with zero attached hydrogens (tertiary/aromatic N) is 2. The minimum Gasteiger partial charge on any atom is -0.478 e. The van der Waals surface area contributed by atoms with Gasteiger partial charge in [-0.3, -0.25) is 4.90 Å². The number of rotatable bonds is 6. The van der Waals surface area contributed by atoms with Gasteiger partial charge < -0.3 is 10.0 Å². The molecule has 0 aromatic heterocycles. The first kappa shape index (κ1) is 17.4. The van der Waals surface area contributed by atoms with E-state index in [1.54, 1.807) is 49.0 Å². The molecule has 0 fully saturated rings. The van der Waals surface area contributed by atoms with E-state index in [0.29, 0.717) is 5.69 Å². The van der Waals surface area contributed by atoms with Gasteiger partial charge in [0.25, 0.3) is 0 Å². The van der Waals surface area contributed by atoms with Gasteiger partial charge in [0.05, 0.1) is 11.3 Å². The Bertz CT molecular complexity index is 507. The Labute approximate surface area is 129 Å². The van der Waals surface area contributed by atoms with Crippen LogP contribution in [0.3, 0.4) is 0 Å². The molecule has 5 nitrogen and oxygen atoms in total. The summed E-state index contributed by atoms with van der Waals surface area (Å²) in [5.41, 5.74) is 0.525. The maximum atomic E-state index is 12.5. The molecule has 0 radical (unpaired) electrons. The molecule has 0 aliphatic carbocycles. The molecule has 21 heavy (non-hydrogen) atoms. The molecule has 1 atom stereocenters. The predicted molar refractivity (Wildman–Crippen MR) is 87.4 cm³/mol. The Kier molecular flexibility index (Phi) is 6.55. The predicted octanol–water partition coefficient (Wildman–Crippen LogP) is 3.01. The minimum atomic E-state index is -1.04. The number of carboxylic acids is 1. The second-order valence-corrected chi connectivity index (χ2v) is 5.89. The lowest BCUT2D eigenvalue weighted by Gasteiger charge is -2.30. The summed E-state index contributed by atoms with van der Waals surface area (Å²) in [5.74, 6) is -0.0582. The molecule has 1 rings (SSSR count). The quantitative estimate of drug-likeness (QED) is 0.877. The zero-order valence-electron chi connectivity index (χ0n) is 12.9. The zero-order chi connectivity index (χ0) is 16.0. The van der Waals surface area contributed by atoms with Crippen molar-refractivity contribution in [1.29, 1.82) is 0 Å². The van der Waals surface area contributed by atoms with Gasteiger partial charge in [-0.15, -0.1) is 0 Å². The van der Waals surface area contributed by atoms with Gasteiger partial charge in [0.1, 0.15) is 0 Å². The van der Waals surface area contributed by atoms with Crippen molar-refractivity contribution in [1.82, 2.24) is 4.90 Å². The molecule has 0 spiro atoms. The number of thioether (sulfide) groups is 1. The summed E-state index contributed by atoms with van der Waals surface area (Å²) in [6, 6.07) is 6.40. The van der Waals surface area contributed by atoms with Crippen molar-refractivity contribution in [3.63, 3.8) is 0 Å². The van der Waals surface area contributed by atoms with Crippen molar-refractivity contribution >= 4 is 29.4 Å². The Morgan fingerprint density at radius 3 is 2.48 bits per heavy atom. The average Bonchev–Trinajstić information content (AvgIpc) is 2.50. The smallest absolute Gasteiger partial charge is 0.337 e. The van der Waals surface area contributed by atoms with Crippen molar-refractivity contribution in [2.45, 2.75) is 19.4 Å². The molecule has 1 aromatic carbocycles. The molecular formula is C15H22N2O3S. The van der Waals surface area contributed by atoms with E-state index in [0.717, 1.165) is 12.2 Å². The summed E-state index contributed by atoms with van der Waals surface area (Å²) in [7, 11) is 3.34. The van der Waals surface area contributed by atoms with Crippen LogP contribution in [-0.4, -0.2) is 54.2 Å². The fourth-order valence-corrected chi connectivity index (χ4v) is 2.53. The summed E-state index contributed by atoms with van der Waals surface area (Å²) >= 11 is 1.74. The molecule has 1 aromatic rings. The standard InChI is InChI=1S/C15H22N2O3S/c1-11(9-10-21-4)16(2)15(20)17(3)13-8-6-5-7-12(13)14(18)19/h5-8,11H,9-10H2,1-4H3,(H,18,19). The van der Waals surface area contributed by atoms with Crippen LogP contribution in [0.4, 0.5) is 10.5 Å². The van der Waals surface area contributed by atoms with Crippen molar-refractivity contribution < 1.29 is 14.7 Å². The summed E-state index contributed by atoms with van der Waals surface area (Å²) < 4.78 is 0. The molecule has 0 heterocycles. The molecule has 2 amide bonds. The SMILES string of the molecule is CSCCC(C)N(C)C(=O)N(C)c1ccccc1C(=O)O. The van der Waals surface area contributed by atoms with Gasteiger partial charge in [0, 0.05) is 20.1 Å². The van der Waals surface area contributed by atoms with Gasteiger partial charge in [-0.1, -0.05) is 12.1 Å². The second-order valence-electron chi connectivity index (χ2n) is 4.91. The number of hydrogen-bond acceptors (Lipinski definition) is 3. The van der Waals surface area contributed by atoms with Gasteiger partial charge in [0.15, 0.2) is 0 Å². The van der Waals surface area contributed by atoms with Crippen LogP contribution in [-0.2, 0) is 0 Å². The Morgan fingerprint density at radius 1 is 1.29 bits per heavy atom. The van der Waals surface area contributed by atoms with Crippen molar-refractivity contribution in [2.75, 3.05) is 31.0 Å². The zero-order valence-corrected chi connectivity index (χ0v) is 13.7. The minimum absolute atomic E-state index is 0.101. The highest BCUT2D eigenvalue weighted by molar-refractivity contribution is 7.98. The number of carboxylic acid groups (broad SMARTS) is 1.